The maximum atomic E-state index is 12.2. The summed E-state index contributed by atoms with van der Waals surface area (Å²) in [6.07, 6.45) is 2.06. The molecular formula is C17H21N3O3. The third-order valence-electron chi connectivity index (χ3n) is 4.16. The number of carbonyl (C=O) groups excluding carboxylic acids is 2. The largest absolute Gasteiger partial charge is 0.466 e. The number of hydrogen-bond acceptors (Lipinski definition) is 4. The van der Waals surface area contributed by atoms with E-state index in [0.29, 0.717) is 19.7 Å². The minimum Gasteiger partial charge on any atom is -0.466 e. The lowest BCUT2D eigenvalue weighted by atomic mass is 10.1. The molecular weight excluding hydrogens is 294 g/mol. The number of piperazine rings is 1. The fourth-order valence-electron chi connectivity index (χ4n) is 3.03. The van der Waals surface area contributed by atoms with Gasteiger partial charge in [-0.2, -0.15) is 0 Å². The van der Waals surface area contributed by atoms with Crippen LogP contribution in [0.2, 0.25) is 0 Å². The molecule has 0 aliphatic carbocycles. The van der Waals surface area contributed by atoms with E-state index in [1.54, 1.807) is 6.92 Å². The van der Waals surface area contributed by atoms with Gasteiger partial charge in [-0.05, 0) is 18.6 Å². The number of hydrogen-bond donors (Lipinski definition) is 2. The second kappa shape index (κ2) is 6.83. The molecule has 3 rings (SSSR count). The number of amides is 1. The molecule has 1 saturated heterocycles. The molecule has 122 valence electrons. The van der Waals surface area contributed by atoms with E-state index < -0.39 is 6.04 Å². The first-order valence-electron chi connectivity index (χ1n) is 7.91. The Kier molecular flexibility index (Phi) is 4.62. The quantitative estimate of drug-likeness (QED) is 0.819. The number of rotatable bonds is 5. The molecule has 1 aromatic heterocycles. The van der Waals surface area contributed by atoms with Crippen molar-refractivity contribution in [3.05, 3.63) is 36.0 Å². The minimum atomic E-state index is -0.475. The van der Waals surface area contributed by atoms with Crippen LogP contribution in [0.4, 0.5) is 0 Å². The highest BCUT2D eigenvalue weighted by Gasteiger charge is 2.32. The van der Waals surface area contributed by atoms with Gasteiger partial charge >= 0.3 is 5.97 Å². The van der Waals surface area contributed by atoms with E-state index in [0.717, 1.165) is 23.0 Å². The molecule has 2 N–H and O–H groups in total. The monoisotopic (exact) mass is 315 g/mol. The second-order valence-corrected chi connectivity index (χ2v) is 5.65. The molecule has 1 atom stereocenters. The van der Waals surface area contributed by atoms with Gasteiger partial charge in [0.05, 0.1) is 13.0 Å². The minimum absolute atomic E-state index is 0.0853. The summed E-state index contributed by atoms with van der Waals surface area (Å²) < 4.78 is 4.99. The van der Waals surface area contributed by atoms with Gasteiger partial charge in [0.25, 0.3) is 0 Å². The Morgan fingerprint density at radius 2 is 2.22 bits per heavy atom. The molecule has 6 nitrogen and oxygen atoms in total. The summed E-state index contributed by atoms with van der Waals surface area (Å²) >= 11 is 0. The van der Waals surface area contributed by atoms with E-state index in [4.69, 9.17) is 4.74 Å². The maximum absolute atomic E-state index is 12.2. The van der Waals surface area contributed by atoms with Gasteiger partial charge in [0.15, 0.2) is 0 Å². The Bertz CT molecular complexity index is 710. The number of aromatic amines is 1. The number of nitrogens with one attached hydrogen (secondary N) is 2. The van der Waals surface area contributed by atoms with Crippen LogP contribution < -0.4 is 5.32 Å². The molecule has 1 fully saturated rings. The maximum Gasteiger partial charge on any atom is 0.307 e. The standard InChI is InChI=1S/C17H21N3O3/c1-2-23-16(21)9-15-17(22)18-7-8-20(15)11-12-10-19-14-6-4-3-5-13(12)14/h3-6,10,15,19H,2,7-9,11H2,1H3,(H,18,22)/t15-/m0/s1. The fourth-order valence-corrected chi connectivity index (χ4v) is 3.03. The van der Waals surface area contributed by atoms with Crippen LogP contribution >= 0.6 is 0 Å². The van der Waals surface area contributed by atoms with Gasteiger partial charge in [0, 0.05) is 36.7 Å². The molecule has 1 aromatic carbocycles. The highest BCUT2D eigenvalue weighted by atomic mass is 16.5. The van der Waals surface area contributed by atoms with Crippen LogP contribution in [0.15, 0.2) is 30.5 Å². The zero-order valence-corrected chi connectivity index (χ0v) is 13.2. The van der Waals surface area contributed by atoms with Crippen molar-refractivity contribution in [1.82, 2.24) is 15.2 Å². The molecule has 2 heterocycles. The molecule has 0 spiro atoms. The lowest BCUT2D eigenvalue weighted by Crippen LogP contribution is -2.55. The van der Waals surface area contributed by atoms with Gasteiger partial charge in [-0.15, -0.1) is 0 Å². The molecule has 1 aliphatic heterocycles. The van der Waals surface area contributed by atoms with Crippen molar-refractivity contribution in [2.45, 2.75) is 25.9 Å². The SMILES string of the molecule is CCOC(=O)C[C@H]1C(=O)NCCN1Cc1c[nH]c2ccccc12. The van der Waals surface area contributed by atoms with Crippen molar-refractivity contribution in [2.24, 2.45) is 0 Å². The summed E-state index contributed by atoms with van der Waals surface area (Å²) in [5.74, 6) is -0.442. The highest BCUT2D eigenvalue weighted by Crippen LogP contribution is 2.21. The van der Waals surface area contributed by atoms with Crippen molar-refractivity contribution >= 4 is 22.8 Å². The normalized spacial score (nSPS) is 18.8. The summed E-state index contributed by atoms with van der Waals surface area (Å²) in [5.41, 5.74) is 2.20. The van der Waals surface area contributed by atoms with Crippen molar-refractivity contribution in [1.29, 1.82) is 0 Å². The number of aromatic nitrogens is 1. The molecule has 0 radical (unpaired) electrons. The number of benzene rings is 1. The van der Waals surface area contributed by atoms with Crippen LogP contribution in [0.3, 0.4) is 0 Å². The Hall–Kier alpha value is -2.34. The lowest BCUT2D eigenvalue weighted by Gasteiger charge is -2.34. The summed E-state index contributed by atoms with van der Waals surface area (Å²) in [5, 5.41) is 3.98. The topological polar surface area (TPSA) is 74.4 Å². The second-order valence-electron chi connectivity index (χ2n) is 5.65. The van der Waals surface area contributed by atoms with Gasteiger partial charge in [0.2, 0.25) is 5.91 Å². The van der Waals surface area contributed by atoms with E-state index in [2.05, 4.69) is 16.4 Å². The first kappa shape index (κ1) is 15.6. The number of ether oxygens (including phenoxy) is 1. The van der Waals surface area contributed by atoms with Crippen molar-refractivity contribution in [3.8, 4) is 0 Å². The van der Waals surface area contributed by atoms with Crippen LogP contribution in [-0.4, -0.2) is 47.5 Å². The van der Waals surface area contributed by atoms with Crippen molar-refractivity contribution in [3.63, 3.8) is 0 Å². The van der Waals surface area contributed by atoms with Crippen LogP contribution in [0, 0.1) is 0 Å². The van der Waals surface area contributed by atoms with Crippen LogP contribution in [-0.2, 0) is 20.9 Å². The molecule has 0 saturated carbocycles. The van der Waals surface area contributed by atoms with Crippen molar-refractivity contribution < 1.29 is 14.3 Å². The zero-order chi connectivity index (χ0) is 16.2. The first-order valence-corrected chi connectivity index (χ1v) is 7.91. The Labute approximate surface area is 134 Å². The Balaban J connectivity index is 1.78. The number of nitrogens with zero attached hydrogens (tertiary/aromatic N) is 1. The Morgan fingerprint density at radius 1 is 1.39 bits per heavy atom. The molecule has 6 heteroatoms. The number of H-pyrrole nitrogens is 1. The van der Waals surface area contributed by atoms with E-state index in [9.17, 15) is 9.59 Å². The van der Waals surface area contributed by atoms with Crippen LogP contribution in [0.1, 0.15) is 18.9 Å². The number of esters is 1. The molecule has 0 bridgehead atoms. The van der Waals surface area contributed by atoms with Crippen molar-refractivity contribution in [2.75, 3.05) is 19.7 Å². The number of para-hydroxylation sites is 1. The summed E-state index contributed by atoms with van der Waals surface area (Å²) in [6, 6.07) is 7.60. The fraction of sp³-hybridized carbons (Fsp3) is 0.412. The van der Waals surface area contributed by atoms with E-state index in [-0.39, 0.29) is 18.3 Å². The Morgan fingerprint density at radius 3 is 3.04 bits per heavy atom. The van der Waals surface area contributed by atoms with Gasteiger partial charge in [-0.3, -0.25) is 14.5 Å². The number of fused-ring (bicyclic) bond motifs is 1. The molecule has 1 aliphatic rings. The van der Waals surface area contributed by atoms with Gasteiger partial charge in [-0.25, -0.2) is 0 Å². The van der Waals surface area contributed by atoms with E-state index in [1.807, 2.05) is 29.3 Å². The van der Waals surface area contributed by atoms with Gasteiger partial charge in [0.1, 0.15) is 6.04 Å². The molecule has 1 amide bonds. The summed E-state index contributed by atoms with van der Waals surface area (Å²) in [7, 11) is 0. The lowest BCUT2D eigenvalue weighted by molar-refractivity contribution is -0.148. The average molecular weight is 315 g/mol. The highest BCUT2D eigenvalue weighted by molar-refractivity contribution is 5.87. The summed E-state index contributed by atoms with van der Waals surface area (Å²) in [6.45, 7) is 4.04. The third kappa shape index (κ3) is 3.37. The van der Waals surface area contributed by atoms with Crippen LogP contribution in [0.25, 0.3) is 10.9 Å². The summed E-state index contributed by atoms with van der Waals surface area (Å²) in [4.78, 5) is 29.2. The van der Waals surface area contributed by atoms with Crippen LogP contribution in [0.5, 0.6) is 0 Å². The molecule has 23 heavy (non-hydrogen) atoms. The first-order chi connectivity index (χ1) is 11.2. The molecule has 0 unspecified atom stereocenters. The predicted molar refractivity (Wildman–Crippen MR) is 86.8 cm³/mol. The van der Waals surface area contributed by atoms with E-state index in [1.165, 1.54) is 0 Å². The molecule has 2 aromatic rings. The van der Waals surface area contributed by atoms with Gasteiger partial charge < -0.3 is 15.0 Å². The smallest absolute Gasteiger partial charge is 0.307 e. The van der Waals surface area contributed by atoms with E-state index >= 15 is 0 Å². The van der Waals surface area contributed by atoms with Gasteiger partial charge in [-0.1, -0.05) is 18.2 Å². The number of carbonyl (C=O) groups is 2. The zero-order valence-electron chi connectivity index (χ0n) is 13.2. The average Bonchev–Trinajstić information content (AvgIpc) is 2.94. The third-order valence-corrected chi connectivity index (χ3v) is 4.16. The predicted octanol–water partition coefficient (Wildman–Crippen LogP) is 1.42.